The van der Waals surface area contributed by atoms with Crippen LogP contribution in [-0.2, 0) is 19.7 Å². The average Bonchev–Trinajstić information content (AvgIpc) is 2.51. The van der Waals surface area contributed by atoms with E-state index in [1.807, 2.05) is 6.92 Å². The molecule has 1 atom stereocenters. The molecule has 0 spiro atoms. The third kappa shape index (κ3) is 7.44. The first-order valence-electron chi connectivity index (χ1n) is 7.71. The molecular formula is C16H26F2O3Si. The van der Waals surface area contributed by atoms with Crippen LogP contribution in [0.5, 0.6) is 0 Å². The Kier molecular flexibility index (Phi) is 9.46. The molecule has 0 heterocycles. The van der Waals surface area contributed by atoms with Crippen molar-refractivity contribution in [1.82, 2.24) is 0 Å². The Morgan fingerprint density at radius 1 is 1.00 bits per heavy atom. The normalized spacial score (nSPS) is 12.8. The SMILES string of the molecule is CO[SiH](OC)OC(C)CCCCCCc1ccc(F)c(F)c1. The summed E-state index contributed by atoms with van der Waals surface area (Å²) in [6.07, 6.45) is 6.13. The molecule has 1 aromatic carbocycles. The van der Waals surface area contributed by atoms with Crippen LogP contribution < -0.4 is 0 Å². The van der Waals surface area contributed by atoms with Crippen molar-refractivity contribution < 1.29 is 22.1 Å². The van der Waals surface area contributed by atoms with E-state index in [9.17, 15) is 8.78 Å². The van der Waals surface area contributed by atoms with Crippen LogP contribution in [0.1, 0.15) is 44.6 Å². The molecule has 0 radical (unpaired) electrons. The number of hydrogen-bond donors (Lipinski definition) is 0. The molecule has 1 aromatic rings. The Bertz CT molecular complexity index is 428. The summed E-state index contributed by atoms with van der Waals surface area (Å²) in [4.78, 5) is 0. The number of halogens is 2. The average molecular weight is 332 g/mol. The van der Waals surface area contributed by atoms with E-state index in [1.54, 1.807) is 20.3 Å². The van der Waals surface area contributed by atoms with E-state index >= 15 is 0 Å². The highest BCUT2D eigenvalue weighted by molar-refractivity contribution is 6.36. The quantitative estimate of drug-likeness (QED) is 0.455. The van der Waals surface area contributed by atoms with Gasteiger partial charge in [-0.05, 0) is 43.9 Å². The smallest absolute Gasteiger partial charge is 0.379 e. The van der Waals surface area contributed by atoms with Crippen LogP contribution in [0.2, 0.25) is 0 Å². The monoisotopic (exact) mass is 332 g/mol. The molecule has 0 aliphatic heterocycles. The van der Waals surface area contributed by atoms with E-state index < -0.39 is 21.2 Å². The molecule has 0 aliphatic rings. The fourth-order valence-electron chi connectivity index (χ4n) is 2.27. The minimum Gasteiger partial charge on any atom is -0.379 e. The second kappa shape index (κ2) is 10.8. The number of benzene rings is 1. The van der Waals surface area contributed by atoms with Gasteiger partial charge in [0.25, 0.3) is 0 Å². The first kappa shape index (κ1) is 19.2. The fourth-order valence-corrected chi connectivity index (χ4v) is 3.20. The lowest BCUT2D eigenvalue weighted by molar-refractivity contribution is 0.0892. The number of aryl methyl sites for hydroxylation is 1. The zero-order chi connectivity index (χ0) is 16.4. The van der Waals surface area contributed by atoms with E-state index in [1.165, 1.54) is 12.1 Å². The van der Waals surface area contributed by atoms with E-state index in [4.69, 9.17) is 13.3 Å². The van der Waals surface area contributed by atoms with Gasteiger partial charge >= 0.3 is 9.53 Å². The second-order valence-electron chi connectivity index (χ2n) is 5.41. The molecule has 1 rings (SSSR count). The third-order valence-corrected chi connectivity index (χ3v) is 5.00. The Balaban J connectivity index is 2.09. The summed E-state index contributed by atoms with van der Waals surface area (Å²) in [7, 11) is 1.27. The largest absolute Gasteiger partial charge is 0.483 e. The van der Waals surface area contributed by atoms with Crippen LogP contribution in [0.3, 0.4) is 0 Å². The maximum Gasteiger partial charge on any atom is 0.483 e. The Morgan fingerprint density at radius 3 is 2.32 bits per heavy atom. The van der Waals surface area contributed by atoms with Gasteiger partial charge in [0.1, 0.15) is 0 Å². The van der Waals surface area contributed by atoms with Crippen molar-refractivity contribution in [2.75, 3.05) is 14.2 Å². The van der Waals surface area contributed by atoms with E-state index in [-0.39, 0.29) is 6.10 Å². The molecule has 0 aromatic heterocycles. The topological polar surface area (TPSA) is 27.7 Å². The van der Waals surface area contributed by atoms with Crippen LogP contribution in [0, 0.1) is 11.6 Å². The molecule has 0 saturated heterocycles. The van der Waals surface area contributed by atoms with Gasteiger partial charge in [0.2, 0.25) is 0 Å². The molecule has 0 saturated carbocycles. The Morgan fingerprint density at radius 2 is 1.68 bits per heavy atom. The number of rotatable bonds is 11. The molecule has 0 amide bonds. The van der Waals surface area contributed by atoms with Crippen LogP contribution in [0.15, 0.2) is 18.2 Å². The summed E-state index contributed by atoms with van der Waals surface area (Å²) < 4.78 is 41.8. The van der Waals surface area contributed by atoms with Gasteiger partial charge in [-0.15, -0.1) is 0 Å². The van der Waals surface area contributed by atoms with Gasteiger partial charge < -0.3 is 13.3 Å². The van der Waals surface area contributed by atoms with E-state index in [2.05, 4.69) is 0 Å². The van der Waals surface area contributed by atoms with E-state index in [0.29, 0.717) is 0 Å². The van der Waals surface area contributed by atoms with Crippen molar-refractivity contribution in [1.29, 1.82) is 0 Å². The maximum absolute atomic E-state index is 13.1. The van der Waals surface area contributed by atoms with Gasteiger partial charge in [0.05, 0.1) is 0 Å². The van der Waals surface area contributed by atoms with Crippen LogP contribution in [-0.4, -0.2) is 29.9 Å². The summed E-state index contributed by atoms with van der Waals surface area (Å²) >= 11 is 0. The lowest BCUT2D eigenvalue weighted by Gasteiger charge is -2.17. The van der Waals surface area contributed by atoms with Crippen LogP contribution in [0.25, 0.3) is 0 Å². The van der Waals surface area contributed by atoms with Gasteiger partial charge in [0, 0.05) is 20.3 Å². The minimum atomic E-state index is -1.93. The standard InChI is InChI=1S/C16H26F2O3Si/c1-13(21-22(19-2)20-3)8-6-4-5-7-9-14-10-11-15(17)16(18)12-14/h10-13,22H,4-9H2,1-3H3. The zero-order valence-electron chi connectivity index (χ0n) is 13.6. The predicted molar refractivity (Wildman–Crippen MR) is 84.9 cm³/mol. The highest BCUT2D eigenvalue weighted by Crippen LogP contribution is 2.14. The highest BCUT2D eigenvalue weighted by Gasteiger charge is 2.15. The van der Waals surface area contributed by atoms with Gasteiger partial charge in [0.15, 0.2) is 11.6 Å². The summed E-state index contributed by atoms with van der Waals surface area (Å²) in [5.74, 6) is -1.55. The summed E-state index contributed by atoms with van der Waals surface area (Å²) in [6.45, 7) is 2.03. The molecule has 3 nitrogen and oxygen atoms in total. The molecule has 6 heteroatoms. The molecule has 126 valence electrons. The zero-order valence-corrected chi connectivity index (χ0v) is 14.8. The van der Waals surface area contributed by atoms with Crippen LogP contribution >= 0.6 is 0 Å². The van der Waals surface area contributed by atoms with Gasteiger partial charge in [-0.1, -0.05) is 25.3 Å². The lowest BCUT2D eigenvalue weighted by Crippen LogP contribution is -2.28. The maximum atomic E-state index is 13.1. The van der Waals surface area contributed by atoms with E-state index in [0.717, 1.165) is 44.1 Å². The third-order valence-electron chi connectivity index (χ3n) is 3.54. The second-order valence-corrected chi connectivity index (χ2v) is 7.20. The number of unbranched alkanes of at least 4 members (excludes halogenated alkanes) is 3. The Labute approximate surface area is 133 Å². The molecular weight excluding hydrogens is 306 g/mol. The van der Waals surface area contributed by atoms with Crippen molar-refractivity contribution >= 4 is 9.53 Å². The molecule has 0 fully saturated rings. The lowest BCUT2D eigenvalue weighted by atomic mass is 10.0. The fraction of sp³-hybridized carbons (Fsp3) is 0.625. The van der Waals surface area contributed by atoms with Crippen molar-refractivity contribution in [3.8, 4) is 0 Å². The predicted octanol–water partition coefficient (Wildman–Crippen LogP) is 3.87. The van der Waals surface area contributed by atoms with Crippen molar-refractivity contribution in [2.45, 2.75) is 51.6 Å². The first-order chi connectivity index (χ1) is 10.6. The molecule has 0 bridgehead atoms. The van der Waals surface area contributed by atoms with Crippen molar-refractivity contribution in [3.63, 3.8) is 0 Å². The minimum absolute atomic E-state index is 0.141. The molecule has 0 N–H and O–H groups in total. The summed E-state index contributed by atoms with van der Waals surface area (Å²) in [5.41, 5.74) is 0.852. The summed E-state index contributed by atoms with van der Waals surface area (Å²) in [5, 5.41) is 0. The van der Waals surface area contributed by atoms with Crippen molar-refractivity contribution in [3.05, 3.63) is 35.4 Å². The molecule has 22 heavy (non-hydrogen) atoms. The van der Waals surface area contributed by atoms with Gasteiger partial charge in [-0.3, -0.25) is 0 Å². The number of hydrogen-bond acceptors (Lipinski definition) is 3. The molecule has 0 aliphatic carbocycles. The van der Waals surface area contributed by atoms with Crippen LogP contribution in [0.4, 0.5) is 8.78 Å². The first-order valence-corrected chi connectivity index (χ1v) is 9.13. The molecule has 1 unspecified atom stereocenters. The van der Waals surface area contributed by atoms with Crippen molar-refractivity contribution in [2.24, 2.45) is 0 Å². The van der Waals surface area contributed by atoms with Gasteiger partial charge in [-0.2, -0.15) is 0 Å². The van der Waals surface area contributed by atoms with Gasteiger partial charge in [-0.25, -0.2) is 8.78 Å². The Hall–Kier alpha value is -0.823. The highest BCUT2D eigenvalue weighted by atomic mass is 28.3. The summed E-state index contributed by atoms with van der Waals surface area (Å²) in [6, 6.07) is 4.12.